The number of halogens is 1. The normalized spacial score (nSPS) is 19.7. The van der Waals surface area contributed by atoms with Crippen LogP contribution in [0.2, 0.25) is 0 Å². The van der Waals surface area contributed by atoms with Crippen molar-refractivity contribution in [3.05, 3.63) is 58.9 Å². The van der Waals surface area contributed by atoms with Gasteiger partial charge in [-0.05, 0) is 44.0 Å². The number of nitrogens with zero attached hydrogens (tertiary/aromatic N) is 1. The number of aliphatic imine (C=N–C) groups is 1. The molecule has 30 heavy (non-hydrogen) atoms. The molecule has 0 fully saturated rings. The van der Waals surface area contributed by atoms with Crippen molar-refractivity contribution in [3.8, 4) is 11.5 Å². The van der Waals surface area contributed by atoms with Crippen LogP contribution in [0.15, 0.2) is 41.4 Å². The zero-order valence-electron chi connectivity index (χ0n) is 17.6. The maximum absolute atomic E-state index is 14.0. The van der Waals surface area contributed by atoms with E-state index in [2.05, 4.69) is 35.5 Å². The highest BCUT2D eigenvalue weighted by Crippen LogP contribution is 2.39. The Labute approximate surface area is 176 Å². The summed E-state index contributed by atoms with van der Waals surface area (Å²) in [4.78, 5) is 4.37. The number of ether oxygens (including phenoxy) is 3. The maximum Gasteiger partial charge on any atom is 0.191 e. The molecule has 2 aromatic carbocycles. The van der Waals surface area contributed by atoms with Gasteiger partial charge in [0, 0.05) is 31.1 Å². The Kier molecular flexibility index (Phi) is 5.81. The first-order valence-electron chi connectivity index (χ1n) is 10.2. The fraction of sp³-hybridized carbons (Fsp3) is 0.435. The molecule has 2 aliphatic heterocycles. The lowest BCUT2D eigenvalue weighted by atomic mass is 9.90. The second-order valence-corrected chi connectivity index (χ2v) is 8.21. The quantitative estimate of drug-likeness (QED) is 0.591. The van der Waals surface area contributed by atoms with Gasteiger partial charge in [0.15, 0.2) is 12.8 Å². The fourth-order valence-electron chi connectivity index (χ4n) is 4.05. The molecule has 2 heterocycles. The molecular formula is C23H28FN3O3. The minimum Gasteiger partial charge on any atom is -0.487 e. The van der Waals surface area contributed by atoms with E-state index in [1.165, 1.54) is 12.1 Å². The van der Waals surface area contributed by atoms with Gasteiger partial charge in [-0.3, -0.25) is 4.99 Å². The van der Waals surface area contributed by atoms with Crippen molar-refractivity contribution in [2.45, 2.75) is 44.9 Å². The Hall–Kier alpha value is -2.80. The van der Waals surface area contributed by atoms with Crippen LogP contribution in [-0.4, -0.2) is 31.9 Å². The lowest BCUT2D eigenvalue weighted by Crippen LogP contribution is -2.45. The van der Waals surface area contributed by atoms with Gasteiger partial charge in [0.1, 0.15) is 22.9 Å². The molecule has 0 aromatic heterocycles. The summed E-state index contributed by atoms with van der Waals surface area (Å²) in [6.07, 6.45) is 1.42. The van der Waals surface area contributed by atoms with Crippen molar-refractivity contribution in [2.24, 2.45) is 4.99 Å². The number of benzene rings is 2. The fourth-order valence-corrected chi connectivity index (χ4v) is 4.05. The number of nitrogens with one attached hydrogen (secondary N) is 2. The van der Waals surface area contributed by atoms with E-state index >= 15 is 0 Å². The number of fused-ring (bicyclic) bond motifs is 2. The molecule has 2 N–H and O–H groups in total. The van der Waals surface area contributed by atoms with Crippen molar-refractivity contribution >= 4 is 5.96 Å². The first kappa shape index (κ1) is 20.5. The smallest absolute Gasteiger partial charge is 0.191 e. The van der Waals surface area contributed by atoms with Crippen LogP contribution >= 0.6 is 0 Å². The molecule has 0 radical (unpaired) electrons. The van der Waals surface area contributed by atoms with Crippen molar-refractivity contribution < 1.29 is 18.6 Å². The van der Waals surface area contributed by atoms with Crippen molar-refractivity contribution in [2.75, 3.05) is 20.4 Å². The maximum atomic E-state index is 14.0. The summed E-state index contributed by atoms with van der Waals surface area (Å²) in [5.41, 5.74) is 2.42. The van der Waals surface area contributed by atoms with E-state index in [1.54, 1.807) is 7.05 Å². The van der Waals surface area contributed by atoms with Crippen LogP contribution in [0.1, 0.15) is 43.0 Å². The SMILES string of the molecule is CN=C(NCCc1cc(F)cc2c1OCOC2)NC1CC(C)(C)Oc2ccccc21. The van der Waals surface area contributed by atoms with Gasteiger partial charge in [-0.25, -0.2) is 4.39 Å². The summed E-state index contributed by atoms with van der Waals surface area (Å²) in [7, 11) is 1.75. The van der Waals surface area contributed by atoms with E-state index in [-0.39, 0.29) is 24.3 Å². The average molecular weight is 413 g/mol. The first-order valence-corrected chi connectivity index (χ1v) is 10.2. The standard InChI is InChI=1S/C23H28FN3O3/c1-23(2)12-19(18-6-4-5-7-20(18)30-23)27-22(25-3)26-9-8-15-10-17(24)11-16-13-28-14-29-21(15)16/h4-7,10-11,19H,8-9,12-14H2,1-3H3,(H2,25,26,27). The van der Waals surface area contributed by atoms with Crippen LogP contribution in [0.5, 0.6) is 11.5 Å². The van der Waals surface area contributed by atoms with E-state index in [0.717, 1.165) is 34.6 Å². The van der Waals surface area contributed by atoms with Gasteiger partial charge in [0.25, 0.3) is 0 Å². The Morgan fingerprint density at radius 1 is 1.27 bits per heavy atom. The van der Waals surface area contributed by atoms with Crippen LogP contribution < -0.4 is 20.1 Å². The molecule has 6 nitrogen and oxygen atoms in total. The third kappa shape index (κ3) is 4.51. The minimum absolute atomic E-state index is 0.0820. The molecule has 7 heteroatoms. The third-order valence-corrected chi connectivity index (χ3v) is 5.35. The molecule has 0 bridgehead atoms. The molecule has 4 rings (SSSR count). The molecule has 2 aliphatic rings. The van der Waals surface area contributed by atoms with Crippen LogP contribution in [-0.2, 0) is 17.8 Å². The minimum atomic E-state index is -0.276. The summed E-state index contributed by atoms with van der Waals surface area (Å²) in [6, 6.07) is 11.2. The molecule has 0 aliphatic carbocycles. The second kappa shape index (κ2) is 8.52. The Morgan fingerprint density at radius 2 is 2.10 bits per heavy atom. The van der Waals surface area contributed by atoms with Crippen molar-refractivity contribution in [1.29, 1.82) is 0 Å². The largest absolute Gasteiger partial charge is 0.487 e. The van der Waals surface area contributed by atoms with E-state index in [0.29, 0.717) is 25.5 Å². The van der Waals surface area contributed by atoms with Crippen molar-refractivity contribution in [1.82, 2.24) is 10.6 Å². The predicted molar refractivity (Wildman–Crippen MR) is 113 cm³/mol. The summed E-state index contributed by atoms with van der Waals surface area (Å²) in [5.74, 6) is 2.04. The van der Waals surface area contributed by atoms with Gasteiger partial charge in [-0.1, -0.05) is 18.2 Å². The Bertz CT molecular complexity index is 945. The van der Waals surface area contributed by atoms with E-state index < -0.39 is 0 Å². The first-order chi connectivity index (χ1) is 14.4. The summed E-state index contributed by atoms with van der Waals surface area (Å²) in [5, 5.41) is 6.85. The van der Waals surface area contributed by atoms with E-state index in [1.807, 2.05) is 18.2 Å². The van der Waals surface area contributed by atoms with Gasteiger partial charge in [0.2, 0.25) is 0 Å². The monoisotopic (exact) mass is 413 g/mol. The molecule has 0 saturated heterocycles. The molecule has 0 saturated carbocycles. The molecule has 160 valence electrons. The lowest BCUT2D eigenvalue weighted by molar-refractivity contribution is -0.0172. The second-order valence-electron chi connectivity index (χ2n) is 8.21. The third-order valence-electron chi connectivity index (χ3n) is 5.35. The van der Waals surface area contributed by atoms with Crippen LogP contribution in [0.4, 0.5) is 4.39 Å². The molecule has 1 atom stereocenters. The average Bonchev–Trinajstić information content (AvgIpc) is 2.72. The zero-order chi connectivity index (χ0) is 21.1. The molecule has 0 amide bonds. The van der Waals surface area contributed by atoms with Crippen LogP contribution in [0.25, 0.3) is 0 Å². The summed E-state index contributed by atoms with van der Waals surface area (Å²) < 4.78 is 30.9. The molecule has 1 unspecified atom stereocenters. The topological polar surface area (TPSA) is 64.1 Å². The predicted octanol–water partition coefficient (Wildman–Crippen LogP) is 3.70. The van der Waals surface area contributed by atoms with Crippen LogP contribution in [0.3, 0.4) is 0 Å². The Balaban J connectivity index is 1.42. The highest BCUT2D eigenvalue weighted by Gasteiger charge is 2.34. The number of hydrogen-bond donors (Lipinski definition) is 2. The van der Waals surface area contributed by atoms with Gasteiger partial charge in [-0.15, -0.1) is 0 Å². The van der Waals surface area contributed by atoms with Crippen LogP contribution in [0, 0.1) is 5.82 Å². The van der Waals surface area contributed by atoms with Gasteiger partial charge < -0.3 is 24.8 Å². The van der Waals surface area contributed by atoms with E-state index in [9.17, 15) is 4.39 Å². The van der Waals surface area contributed by atoms with Gasteiger partial charge in [0.05, 0.1) is 12.6 Å². The highest BCUT2D eigenvalue weighted by atomic mass is 19.1. The lowest BCUT2D eigenvalue weighted by Gasteiger charge is -2.38. The number of guanidine groups is 1. The summed E-state index contributed by atoms with van der Waals surface area (Å²) >= 11 is 0. The van der Waals surface area contributed by atoms with Crippen molar-refractivity contribution in [3.63, 3.8) is 0 Å². The molecule has 2 aromatic rings. The number of rotatable bonds is 4. The number of hydrogen-bond acceptors (Lipinski definition) is 4. The molecular weight excluding hydrogens is 385 g/mol. The summed E-state index contributed by atoms with van der Waals surface area (Å²) in [6.45, 7) is 5.33. The van der Waals surface area contributed by atoms with E-state index in [4.69, 9.17) is 14.2 Å². The number of para-hydroxylation sites is 1. The highest BCUT2D eigenvalue weighted by molar-refractivity contribution is 5.80. The zero-order valence-corrected chi connectivity index (χ0v) is 17.6. The van der Waals surface area contributed by atoms with Gasteiger partial charge >= 0.3 is 0 Å². The molecule has 0 spiro atoms. The Morgan fingerprint density at radius 3 is 2.93 bits per heavy atom. The van der Waals surface area contributed by atoms with Gasteiger partial charge in [-0.2, -0.15) is 0 Å².